The highest BCUT2D eigenvalue weighted by Gasteiger charge is 2.17. The molecule has 0 bridgehead atoms. The summed E-state index contributed by atoms with van der Waals surface area (Å²) in [6, 6.07) is 1.44. The van der Waals surface area contributed by atoms with Crippen molar-refractivity contribution in [3.63, 3.8) is 0 Å². The van der Waals surface area contributed by atoms with Crippen LogP contribution in [0, 0.1) is 0 Å². The van der Waals surface area contributed by atoms with Gasteiger partial charge in [0, 0.05) is 8.07 Å². The smallest absolute Gasteiger partial charge is 0.366 e. The van der Waals surface area contributed by atoms with Gasteiger partial charge >= 0.3 is 14.4 Å². The molecule has 0 radical (unpaired) electrons. The lowest BCUT2D eigenvalue weighted by molar-refractivity contribution is 1.24. The van der Waals surface area contributed by atoms with Crippen molar-refractivity contribution in [2.75, 3.05) is 0 Å². The fourth-order valence-corrected chi connectivity index (χ4v) is 6.18. The first kappa shape index (κ1) is 10.7. The van der Waals surface area contributed by atoms with E-state index in [2.05, 4.69) is 26.6 Å². The number of rotatable bonds is 4. The molecule has 0 amide bonds. The van der Waals surface area contributed by atoms with E-state index in [0.29, 0.717) is 0 Å². The molecule has 0 spiro atoms. The zero-order valence-electron chi connectivity index (χ0n) is 7.78. The number of hydrogen-bond donors (Lipinski definition) is 1. The van der Waals surface area contributed by atoms with Crippen LogP contribution in [0.5, 0.6) is 0 Å². The highest BCUT2D eigenvalue weighted by atomic mass is 28.3. The Morgan fingerprint density at radius 1 is 1.30 bits per heavy atom. The monoisotopic (exact) mass is 173 g/mol. The zero-order valence-corrected chi connectivity index (χ0v) is 9.93. The van der Waals surface area contributed by atoms with Crippen molar-refractivity contribution in [2.24, 2.45) is 4.72 Å². The van der Waals surface area contributed by atoms with Crippen LogP contribution < -0.4 is 4.72 Å². The predicted octanol–water partition coefficient (Wildman–Crippen LogP) is 2.29. The van der Waals surface area contributed by atoms with E-state index in [4.69, 9.17) is 4.72 Å². The predicted molar refractivity (Wildman–Crippen MR) is 53.4 cm³/mol. The van der Waals surface area contributed by atoms with Gasteiger partial charge < -0.3 is 4.72 Å². The van der Waals surface area contributed by atoms with Crippen LogP contribution >= 0.6 is 0 Å². The summed E-state index contributed by atoms with van der Waals surface area (Å²) in [6.45, 7) is 9.48. The second kappa shape index (κ2) is 4.56. The van der Waals surface area contributed by atoms with Gasteiger partial charge in [-0.2, -0.15) is 0 Å². The quantitative estimate of drug-likeness (QED) is 0.649. The average molecular weight is 173 g/mol. The van der Waals surface area contributed by atoms with Crippen LogP contribution in [0.4, 0.5) is 0 Å². The summed E-state index contributed by atoms with van der Waals surface area (Å²) in [5.41, 5.74) is 0. The van der Waals surface area contributed by atoms with Crippen LogP contribution in [0.2, 0.25) is 36.3 Å². The third kappa shape index (κ3) is 6.82. The Morgan fingerprint density at radius 2 is 1.80 bits per heavy atom. The average Bonchev–Trinajstić information content (AvgIpc) is 1.81. The van der Waals surface area contributed by atoms with Gasteiger partial charge in [0.15, 0.2) is 0 Å². The molecule has 0 atom stereocenters. The molecular weight excluding hydrogens is 153 g/mol. The van der Waals surface area contributed by atoms with E-state index in [1.165, 1.54) is 16.6 Å². The van der Waals surface area contributed by atoms with Gasteiger partial charge in [-0.05, 0) is 0 Å². The Morgan fingerprint density at radius 3 is 2.10 bits per heavy atom. The fourth-order valence-electron chi connectivity index (χ4n) is 0.823. The Hall–Kier alpha value is 0.709. The van der Waals surface area contributed by atoms with Crippen LogP contribution in [-0.4, -0.2) is 22.4 Å². The lowest BCUT2D eigenvalue weighted by Crippen LogP contribution is -2.28. The van der Waals surface area contributed by atoms with E-state index in [0.717, 1.165) is 0 Å². The SMILES string of the molecule is C[CH2][Al]([NH2])[CH2]C[Si](C)(C)C. The summed E-state index contributed by atoms with van der Waals surface area (Å²) >= 11 is -0.746. The van der Waals surface area contributed by atoms with Crippen molar-refractivity contribution in [3.8, 4) is 0 Å². The van der Waals surface area contributed by atoms with E-state index < -0.39 is 22.4 Å². The first-order valence-corrected chi connectivity index (χ1v) is 10.2. The molecule has 0 fully saturated rings. The van der Waals surface area contributed by atoms with Gasteiger partial charge in [0.05, 0.1) is 0 Å². The molecule has 60 valence electrons. The first-order valence-electron chi connectivity index (χ1n) is 4.21. The van der Waals surface area contributed by atoms with E-state index in [1.807, 2.05) is 0 Å². The molecular formula is C7H20AlNSi. The van der Waals surface area contributed by atoms with Gasteiger partial charge in [-0.1, -0.05) is 43.2 Å². The Kier molecular flexibility index (Phi) is 4.88. The van der Waals surface area contributed by atoms with Gasteiger partial charge in [0.1, 0.15) is 0 Å². The van der Waals surface area contributed by atoms with Crippen molar-refractivity contribution < 1.29 is 0 Å². The fraction of sp³-hybridized carbons (Fsp3) is 1.00. The summed E-state index contributed by atoms with van der Waals surface area (Å²) in [5.74, 6) is 0. The lowest BCUT2D eigenvalue weighted by Gasteiger charge is -2.15. The Bertz CT molecular complexity index is 90.1. The maximum absolute atomic E-state index is 5.94. The van der Waals surface area contributed by atoms with Crippen LogP contribution in [0.1, 0.15) is 6.92 Å². The molecule has 0 rings (SSSR count). The van der Waals surface area contributed by atoms with E-state index >= 15 is 0 Å². The van der Waals surface area contributed by atoms with Gasteiger partial charge in [0.25, 0.3) is 0 Å². The molecule has 0 aromatic carbocycles. The Labute approximate surface area is 70.6 Å². The molecule has 0 saturated heterocycles. The molecule has 0 aromatic rings. The van der Waals surface area contributed by atoms with Crippen LogP contribution in [0.15, 0.2) is 0 Å². The lowest BCUT2D eigenvalue weighted by atomic mass is 10.9. The van der Waals surface area contributed by atoms with Crippen molar-refractivity contribution in [2.45, 2.75) is 43.2 Å². The summed E-state index contributed by atoms with van der Waals surface area (Å²) < 4.78 is 5.94. The third-order valence-electron chi connectivity index (χ3n) is 1.79. The van der Waals surface area contributed by atoms with Gasteiger partial charge in [-0.15, -0.1) is 0 Å². The minimum absolute atomic E-state index is 0.746. The van der Waals surface area contributed by atoms with Crippen LogP contribution in [0.3, 0.4) is 0 Å². The normalized spacial score (nSPS) is 11.7. The maximum Gasteiger partial charge on any atom is 0.366 e. The van der Waals surface area contributed by atoms with Crippen molar-refractivity contribution >= 4 is 22.4 Å². The summed E-state index contributed by atoms with van der Waals surface area (Å²) in [5, 5.41) is 2.64. The second-order valence-electron chi connectivity index (χ2n) is 4.27. The molecule has 0 unspecified atom stereocenters. The van der Waals surface area contributed by atoms with Crippen molar-refractivity contribution in [1.82, 2.24) is 0 Å². The minimum atomic E-state index is -0.782. The molecule has 0 aliphatic carbocycles. The second-order valence-corrected chi connectivity index (χ2v) is 12.8. The number of hydrogen-bond acceptors (Lipinski definition) is 1. The molecule has 10 heavy (non-hydrogen) atoms. The molecule has 0 aliphatic rings. The molecule has 2 N–H and O–H groups in total. The van der Waals surface area contributed by atoms with E-state index in [1.54, 1.807) is 0 Å². The Balaban J connectivity index is 3.36. The van der Waals surface area contributed by atoms with Crippen molar-refractivity contribution in [3.05, 3.63) is 0 Å². The molecule has 0 heterocycles. The molecule has 1 nitrogen and oxygen atoms in total. The maximum atomic E-state index is 5.94. The minimum Gasteiger partial charge on any atom is -0.413 e. The molecule has 3 heteroatoms. The van der Waals surface area contributed by atoms with Gasteiger partial charge in [-0.3, -0.25) is 0 Å². The molecule has 0 saturated carbocycles. The van der Waals surface area contributed by atoms with Crippen molar-refractivity contribution in [1.29, 1.82) is 0 Å². The highest BCUT2D eigenvalue weighted by molar-refractivity contribution is 6.77. The van der Waals surface area contributed by atoms with Gasteiger partial charge in [-0.25, -0.2) is 0 Å². The molecule has 0 aliphatic heterocycles. The zero-order chi connectivity index (χ0) is 8.20. The van der Waals surface area contributed by atoms with Crippen LogP contribution in [-0.2, 0) is 0 Å². The van der Waals surface area contributed by atoms with E-state index in [-0.39, 0.29) is 0 Å². The summed E-state index contributed by atoms with van der Waals surface area (Å²) in [6.07, 6.45) is 0. The standard InChI is InChI=1S/C5H13Si.C2H5.Al.H2N/c1-5-6(2,3)4;1-2;;/h1,5H2,2-4H3;1H2,2H3;;1H2/q;;+1;-1. The summed E-state index contributed by atoms with van der Waals surface area (Å²) in [4.78, 5) is 0. The first-order chi connectivity index (χ1) is 4.45. The molecule has 0 aromatic heterocycles. The third-order valence-corrected chi connectivity index (χ3v) is 6.23. The van der Waals surface area contributed by atoms with E-state index in [9.17, 15) is 0 Å². The van der Waals surface area contributed by atoms with Crippen LogP contribution in [0.25, 0.3) is 0 Å². The largest absolute Gasteiger partial charge is 0.413 e. The number of nitrogens with two attached hydrogens (primary N) is 1. The highest BCUT2D eigenvalue weighted by Crippen LogP contribution is 2.12. The summed E-state index contributed by atoms with van der Waals surface area (Å²) in [7, 11) is -0.782. The van der Waals surface area contributed by atoms with Gasteiger partial charge in [0.2, 0.25) is 0 Å². The topological polar surface area (TPSA) is 26.0 Å².